The second-order valence-electron chi connectivity index (χ2n) is 5.27. The first kappa shape index (κ1) is 13.7. The lowest BCUT2D eigenvalue weighted by atomic mass is 10.1. The first-order chi connectivity index (χ1) is 8.63. The Kier molecular flexibility index (Phi) is 4.52. The third-order valence-electron chi connectivity index (χ3n) is 3.83. The molecule has 1 unspecified atom stereocenters. The van der Waals surface area contributed by atoms with Crippen molar-refractivity contribution in [3.63, 3.8) is 0 Å². The van der Waals surface area contributed by atoms with Gasteiger partial charge in [0.1, 0.15) is 0 Å². The van der Waals surface area contributed by atoms with Gasteiger partial charge in [-0.3, -0.25) is 0 Å². The molecule has 2 nitrogen and oxygen atoms in total. The highest BCUT2D eigenvalue weighted by molar-refractivity contribution is 6.33. The summed E-state index contributed by atoms with van der Waals surface area (Å²) in [7, 11) is 2.13. The SMILES string of the molecule is CCC(C)N(C)c1c(Cl)cccc1CNC1CC1. The number of benzene rings is 1. The molecule has 0 aromatic heterocycles. The molecule has 1 aromatic carbocycles. The third kappa shape index (κ3) is 3.18. The van der Waals surface area contributed by atoms with Crippen molar-refractivity contribution in [2.45, 2.75) is 51.7 Å². The van der Waals surface area contributed by atoms with Crippen molar-refractivity contribution in [1.82, 2.24) is 5.32 Å². The van der Waals surface area contributed by atoms with Crippen LogP contribution in [-0.4, -0.2) is 19.1 Å². The number of halogens is 1. The molecule has 0 spiro atoms. The molecule has 100 valence electrons. The zero-order valence-electron chi connectivity index (χ0n) is 11.5. The first-order valence-electron chi connectivity index (χ1n) is 6.87. The van der Waals surface area contributed by atoms with Crippen LogP contribution < -0.4 is 10.2 Å². The van der Waals surface area contributed by atoms with E-state index in [9.17, 15) is 0 Å². The van der Waals surface area contributed by atoms with Crippen LogP contribution in [0.2, 0.25) is 5.02 Å². The topological polar surface area (TPSA) is 15.3 Å². The van der Waals surface area contributed by atoms with E-state index in [0.29, 0.717) is 6.04 Å². The summed E-state index contributed by atoms with van der Waals surface area (Å²) >= 11 is 6.39. The van der Waals surface area contributed by atoms with Gasteiger partial charge in [-0.15, -0.1) is 0 Å². The van der Waals surface area contributed by atoms with Crippen LogP contribution >= 0.6 is 11.6 Å². The minimum absolute atomic E-state index is 0.504. The summed E-state index contributed by atoms with van der Waals surface area (Å²) < 4.78 is 0. The summed E-state index contributed by atoms with van der Waals surface area (Å²) in [4.78, 5) is 2.30. The summed E-state index contributed by atoms with van der Waals surface area (Å²) in [5.74, 6) is 0. The summed E-state index contributed by atoms with van der Waals surface area (Å²) in [6.45, 7) is 5.36. The molecule has 1 atom stereocenters. The van der Waals surface area contributed by atoms with Gasteiger partial charge < -0.3 is 10.2 Å². The zero-order chi connectivity index (χ0) is 13.1. The molecule has 0 heterocycles. The van der Waals surface area contributed by atoms with Gasteiger partial charge in [0.25, 0.3) is 0 Å². The van der Waals surface area contributed by atoms with Crippen LogP contribution in [0.1, 0.15) is 38.7 Å². The average Bonchev–Trinajstić information content (AvgIpc) is 3.18. The number of hydrogen-bond donors (Lipinski definition) is 1. The van der Waals surface area contributed by atoms with Gasteiger partial charge in [0.05, 0.1) is 10.7 Å². The number of nitrogens with one attached hydrogen (secondary N) is 1. The van der Waals surface area contributed by atoms with Gasteiger partial charge in [-0.25, -0.2) is 0 Å². The maximum Gasteiger partial charge on any atom is 0.0642 e. The maximum atomic E-state index is 6.39. The highest BCUT2D eigenvalue weighted by Crippen LogP contribution is 2.31. The Morgan fingerprint density at radius 3 is 2.78 bits per heavy atom. The predicted octanol–water partition coefficient (Wildman–Crippen LogP) is 3.83. The van der Waals surface area contributed by atoms with Gasteiger partial charge >= 0.3 is 0 Å². The van der Waals surface area contributed by atoms with Gasteiger partial charge in [-0.05, 0) is 37.8 Å². The standard InChI is InChI=1S/C15H23ClN2/c1-4-11(2)18(3)15-12(6-5-7-14(15)16)10-17-13-8-9-13/h5-7,11,13,17H,4,8-10H2,1-3H3. The van der Waals surface area contributed by atoms with Crippen molar-refractivity contribution in [1.29, 1.82) is 0 Å². The quantitative estimate of drug-likeness (QED) is 0.842. The minimum Gasteiger partial charge on any atom is -0.370 e. The zero-order valence-corrected chi connectivity index (χ0v) is 12.3. The summed E-state index contributed by atoms with van der Waals surface area (Å²) in [5, 5.41) is 4.42. The van der Waals surface area contributed by atoms with E-state index < -0.39 is 0 Å². The highest BCUT2D eigenvalue weighted by atomic mass is 35.5. The van der Waals surface area contributed by atoms with Crippen molar-refractivity contribution in [3.05, 3.63) is 28.8 Å². The molecule has 0 bridgehead atoms. The molecule has 1 N–H and O–H groups in total. The highest BCUT2D eigenvalue weighted by Gasteiger charge is 2.22. The van der Waals surface area contributed by atoms with Gasteiger partial charge in [0.15, 0.2) is 0 Å². The van der Waals surface area contributed by atoms with E-state index in [2.05, 4.69) is 37.2 Å². The molecular weight excluding hydrogens is 244 g/mol. The van der Waals surface area contributed by atoms with Gasteiger partial charge in [0.2, 0.25) is 0 Å². The average molecular weight is 267 g/mol. The fraction of sp³-hybridized carbons (Fsp3) is 0.600. The lowest BCUT2D eigenvalue weighted by Crippen LogP contribution is -2.30. The second-order valence-corrected chi connectivity index (χ2v) is 5.68. The maximum absolute atomic E-state index is 6.39. The van der Waals surface area contributed by atoms with Gasteiger partial charge in [-0.1, -0.05) is 30.7 Å². The number of nitrogens with zero attached hydrogens (tertiary/aromatic N) is 1. The van der Waals surface area contributed by atoms with E-state index in [1.54, 1.807) is 0 Å². The Hall–Kier alpha value is -0.730. The fourth-order valence-electron chi connectivity index (χ4n) is 2.13. The Morgan fingerprint density at radius 2 is 2.17 bits per heavy atom. The normalized spacial score (nSPS) is 16.7. The van der Waals surface area contributed by atoms with Crippen LogP contribution in [0.5, 0.6) is 0 Å². The van der Waals surface area contributed by atoms with Crippen LogP contribution in [-0.2, 0) is 6.54 Å². The molecule has 2 rings (SSSR count). The van der Waals surface area contributed by atoms with Crippen molar-refractivity contribution in [3.8, 4) is 0 Å². The van der Waals surface area contributed by atoms with E-state index in [-0.39, 0.29) is 0 Å². The molecule has 1 fully saturated rings. The molecule has 18 heavy (non-hydrogen) atoms. The molecule has 3 heteroatoms. The van der Waals surface area contributed by atoms with Crippen LogP contribution in [0.25, 0.3) is 0 Å². The van der Waals surface area contributed by atoms with Crippen LogP contribution in [0.3, 0.4) is 0 Å². The van der Waals surface area contributed by atoms with Gasteiger partial charge in [0, 0.05) is 25.7 Å². The number of anilines is 1. The van der Waals surface area contributed by atoms with Crippen molar-refractivity contribution >= 4 is 17.3 Å². The van der Waals surface area contributed by atoms with E-state index in [4.69, 9.17) is 11.6 Å². The fourth-order valence-corrected chi connectivity index (χ4v) is 2.46. The second kappa shape index (κ2) is 5.94. The Bertz CT molecular complexity index is 401. The lowest BCUT2D eigenvalue weighted by molar-refractivity contribution is 0.649. The molecule has 0 aliphatic heterocycles. The summed E-state index contributed by atoms with van der Waals surface area (Å²) in [6.07, 6.45) is 3.76. The molecule has 0 radical (unpaired) electrons. The third-order valence-corrected chi connectivity index (χ3v) is 4.14. The monoisotopic (exact) mass is 266 g/mol. The lowest BCUT2D eigenvalue weighted by Gasteiger charge is -2.29. The minimum atomic E-state index is 0.504. The van der Waals surface area contributed by atoms with Gasteiger partial charge in [-0.2, -0.15) is 0 Å². The van der Waals surface area contributed by atoms with Crippen LogP contribution in [0, 0.1) is 0 Å². The van der Waals surface area contributed by atoms with Crippen molar-refractivity contribution < 1.29 is 0 Å². The van der Waals surface area contributed by atoms with Crippen molar-refractivity contribution in [2.24, 2.45) is 0 Å². The molecule has 0 amide bonds. The summed E-state index contributed by atoms with van der Waals surface area (Å²) in [5.41, 5.74) is 2.49. The van der Waals surface area contributed by atoms with Crippen LogP contribution in [0.4, 0.5) is 5.69 Å². The summed E-state index contributed by atoms with van der Waals surface area (Å²) in [6, 6.07) is 7.43. The Balaban J connectivity index is 2.18. The van der Waals surface area contributed by atoms with Crippen LogP contribution in [0.15, 0.2) is 18.2 Å². The first-order valence-corrected chi connectivity index (χ1v) is 7.24. The van der Waals surface area contributed by atoms with E-state index in [1.807, 2.05) is 12.1 Å². The van der Waals surface area contributed by atoms with Crippen molar-refractivity contribution in [2.75, 3.05) is 11.9 Å². The largest absolute Gasteiger partial charge is 0.370 e. The number of rotatable bonds is 6. The predicted molar refractivity (Wildman–Crippen MR) is 79.5 cm³/mol. The molecular formula is C15H23ClN2. The number of para-hydroxylation sites is 1. The Morgan fingerprint density at radius 1 is 1.44 bits per heavy atom. The number of hydrogen-bond acceptors (Lipinski definition) is 2. The molecule has 1 saturated carbocycles. The van der Waals surface area contributed by atoms with E-state index in [0.717, 1.165) is 24.0 Å². The molecule has 1 aliphatic carbocycles. The van der Waals surface area contributed by atoms with E-state index >= 15 is 0 Å². The molecule has 1 aromatic rings. The van der Waals surface area contributed by atoms with E-state index in [1.165, 1.54) is 24.1 Å². The molecule has 1 aliphatic rings. The smallest absolute Gasteiger partial charge is 0.0642 e. The Labute approximate surface area is 115 Å². The molecule has 0 saturated heterocycles.